The van der Waals surface area contributed by atoms with Crippen LogP contribution in [0.2, 0.25) is 0 Å². The molecule has 0 radical (unpaired) electrons. The zero-order chi connectivity index (χ0) is 31.9. The van der Waals surface area contributed by atoms with Gasteiger partial charge in [-0.25, -0.2) is 14.0 Å². The monoisotopic (exact) mass is 608 g/mol. The van der Waals surface area contributed by atoms with Crippen LogP contribution >= 0.6 is 0 Å². The van der Waals surface area contributed by atoms with E-state index in [9.17, 15) is 9.59 Å². The number of benzene rings is 2. The zero-order valence-corrected chi connectivity index (χ0v) is 26.5. The van der Waals surface area contributed by atoms with Gasteiger partial charge in [0.1, 0.15) is 5.82 Å². The molecule has 2 aromatic carbocycles. The predicted octanol–water partition coefficient (Wildman–Crippen LogP) is 7.73. The number of carbonyl (C=O) groups is 2. The Morgan fingerprint density at radius 2 is 1.61 bits per heavy atom. The van der Waals surface area contributed by atoms with Gasteiger partial charge in [0.05, 0.1) is 37.6 Å². The van der Waals surface area contributed by atoms with E-state index in [1.807, 2.05) is 18.2 Å². The van der Waals surface area contributed by atoms with E-state index in [2.05, 4.69) is 32.2 Å². The number of methoxy groups -OCH3 is 1. The minimum Gasteiger partial charge on any atom is -0.462 e. The van der Waals surface area contributed by atoms with E-state index >= 15 is 4.39 Å². The number of esters is 2. The van der Waals surface area contributed by atoms with Crippen molar-refractivity contribution in [2.75, 3.05) is 33.5 Å². The van der Waals surface area contributed by atoms with Crippen molar-refractivity contribution in [3.05, 3.63) is 83.7 Å². The molecule has 1 unspecified atom stereocenters. The lowest BCUT2D eigenvalue weighted by molar-refractivity contribution is -0.144. The number of aryl methyl sites for hydroxylation is 1. The van der Waals surface area contributed by atoms with Gasteiger partial charge in [-0.2, -0.15) is 0 Å². The van der Waals surface area contributed by atoms with Crippen molar-refractivity contribution in [2.24, 2.45) is 11.8 Å². The molecule has 1 N–H and O–H groups in total. The van der Waals surface area contributed by atoms with Gasteiger partial charge in [0.15, 0.2) is 0 Å². The summed E-state index contributed by atoms with van der Waals surface area (Å²) < 4.78 is 30.8. The molecule has 0 bridgehead atoms. The molecule has 0 saturated heterocycles. The smallest absolute Gasteiger partial charge is 0.335 e. The van der Waals surface area contributed by atoms with Crippen molar-refractivity contribution in [3.8, 4) is 11.1 Å². The Bertz CT molecular complexity index is 1230. The van der Waals surface area contributed by atoms with Gasteiger partial charge in [-0.15, -0.1) is 0 Å². The predicted molar refractivity (Wildman–Crippen MR) is 172 cm³/mol. The van der Waals surface area contributed by atoms with Crippen LogP contribution in [-0.2, 0) is 30.2 Å². The number of hydrogen-bond acceptors (Lipinski definition) is 6. The average molecular weight is 609 g/mol. The molecule has 0 aromatic heterocycles. The van der Waals surface area contributed by atoms with Crippen LogP contribution in [0.25, 0.3) is 11.1 Å². The fraction of sp³-hybridized carbons (Fsp3) is 0.514. The Balaban J connectivity index is 1.58. The highest BCUT2D eigenvalue weighted by molar-refractivity contribution is 5.88. The first kappa shape index (κ1) is 35.2. The summed E-state index contributed by atoms with van der Waals surface area (Å²) in [4.78, 5) is 24.2. The van der Waals surface area contributed by atoms with Gasteiger partial charge in [0.25, 0.3) is 0 Å². The van der Waals surface area contributed by atoms with E-state index in [1.165, 1.54) is 70.1 Å². The topological polar surface area (TPSA) is 82.1 Å². The first-order valence-electron chi connectivity index (χ1n) is 15.9. The second-order valence-corrected chi connectivity index (χ2v) is 12.0. The molecule has 0 spiro atoms. The Labute approximate surface area is 262 Å². The lowest BCUT2D eigenvalue weighted by atomic mass is 9.77. The van der Waals surface area contributed by atoms with Gasteiger partial charge >= 0.3 is 11.9 Å². The maximum Gasteiger partial charge on any atom is 0.335 e. The Morgan fingerprint density at radius 1 is 0.955 bits per heavy atom. The van der Waals surface area contributed by atoms with E-state index in [0.29, 0.717) is 24.3 Å². The Kier molecular flexibility index (Phi) is 14.8. The third-order valence-electron chi connectivity index (χ3n) is 8.62. The second kappa shape index (κ2) is 18.5. The van der Waals surface area contributed by atoms with Crippen LogP contribution in [0.1, 0.15) is 81.8 Å². The minimum absolute atomic E-state index is 0.0200. The molecule has 0 heterocycles. The summed E-state index contributed by atoms with van der Waals surface area (Å²) in [6.07, 6.45) is 11.4. The maximum atomic E-state index is 15.3. The van der Waals surface area contributed by atoms with Crippen LogP contribution in [0.15, 0.2) is 66.8 Å². The summed E-state index contributed by atoms with van der Waals surface area (Å²) in [5.41, 5.74) is 3.64. The molecule has 1 aliphatic carbocycles. The number of aliphatic hydroxyl groups excluding tert-OH is 1. The fourth-order valence-corrected chi connectivity index (χ4v) is 5.83. The molecule has 2 aromatic rings. The number of ether oxygens (including phenoxy) is 3. The van der Waals surface area contributed by atoms with Crippen molar-refractivity contribution >= 4 is 11.9 Å². The van der Waals surface area contributed by atoms with Gasteiger partial charge in [-0.1, -0.05) is 82.2 Å². The van der Waals surface area contributed by atoms with Crippen LogP contribution in [0, 0.1) is 17.7 Å². The first-order valence-corrected chi connectivity index (χ1v) is 15.9. The highest BCUT2D eigenvalue weighted by Gasteiger charge is 2.22. The zero-order valence-electron chi connectivity index (χ0n) is 26.5. The standard InChI is InChI=1S/C37H49FO6/c1-5-6-7-8-28-11-14-31(15-12-28)32-16-18-33(19-17-32)34-20-13-29(21-35(34)38)9-10-30(24-43-36(40)26(2)22-39)25-44-37(41)27(3)23-42-4/h13,16-21,28,30-31,39H,2-3,5-12,14-15,22-25H2,1,4H3. The average Bonchev–Trinajstić information content (AvgIpc) is 3.04. The lowest BCUT2D eigenvalue weighted by Gasteiger charge is -2.29. The fourth-order valence-electron chi connectivity index (χ4n) is 5.83. The molecule has 3 rings (SSSR count). The summed E-state index contributed by atoms with van der Waals surface area (Å²) in [7, 11) is 1.45. The minimum atomic E-state index is -0.718. The highest BCUT2D eigenvalue weighted by atomic mass is 19.1. The number of unbranched alkanes of at least 4 members (excludes halogenated alkanes) is 2. The number of carbonyl (C=O) groups excluding carboxylic acids is 2. The normalized spacial score (nSPS) is 17.1. The van der Waals surface area contributed by atoms with Crippen molar-refractivity contribution in [1.29, 1.82) is 0 Å². The van der Waals surface area contributed by atoms with Crippen LogP contribution in [0.3, 0.4) is 0 Å². The Hall–Kier alpha value is -3.29. The summed E-state index contributed by atoms with van der Waals surface area (Å²) in [6, 6.07) is 13.6. The summed E-state index contributed by atoms with van der Waals surface area (Å²) in [5.74, 6) is -0.510. The molecule has 1 fully saturated rings. The van der Waals surface area contributed by atoms with Crippen molar-refractivity contribution in [3.63, 3.8) is 0 Å². The molecular weight excluding hydrogens is 559 g/mol. The van der Waals surface area contributed by atoms with Gasteiger partial charge in [0, 0.05) is 18.6 Å². The first-order chi connectivity index (χ1) is 21.2. The van der Waals surface area contributed by atoms with Gasteiger partial charge in [-0.05, 0) is 73.1 Å². The van der Waals surface area contributed by atoms with E-state index in [4.69, 9.17) is 19.3 Å². The van der Waals surface area contributed by atoms with Gasteiger partial charge < -0.3 is 19.3 Å². The largest absolute Gasteiger partial charge is 0.462 e. The third kappa shape index (κ3) is 11.0. The summed E-state index contributed by atoms with van der Waals surface area (Å²) in [5, 5.41) is 9.13. The molecule has 7 heteroatoms. The number of aliphatic hydroxyl groups is 1. The van der Waals surface area contributed by atoms with E-state index < -0.39 is 18.5 Å². The molecule has 0 amide bonds. The van der Waals surface area contributed by atoms with Crippen LogP contribution in [0.5, 0.6) is 0 Å². The molecule has 6 nitrogen and oxygen atoms in total. The Morgan fingerprint density at radius 3 is 2.20 bits per heavy atom. The third-order valence-corrected chi connectivity index (χ3v) is 8.62. The van der Waals surface area contributed by atoms with Gasteiger partial charge in [-0.3, -0.25) is 0 Å². The molecule has 44 heavy (non-hydrogen) atoms. The van der Waals surface area contributed by atoms with E-state index in [0.717, 1.165) is 17.0 Å². The van der Waals surface area contributed by atoms with Crippen molar-refractivity contribution < 1.29 is 33.3 Å². The number of halogens is 1. The molecule has 1 aliphatic rings. The quantitative estimate of drug-likeness (QED) is 0.106. The molecule has 240 valence electrons. The van der Waals surface area contributed by atoms with Crippen LogP contribution in [-0.4, -0.2) is 50.6 Å². The summed E-state index contributed by atoms with van der Waals surface area (Å²) >= 11 is 0. The highest BCUT2D eigenvalue weighted by Crippen LogP contribution is 2.38. The SMILES string of the molecule is C=C(CO)C(=O)OCC(CCc1ccc(-c2ccc(C3CCC(CCCCC)CC3)cc2)c(F)c1)COC(=O)C(=C)COC. The van der Waals surface area contributed by atoms with E-state index in [1.54, 1.807) is 6.07 Å². The van der Waals surface area contributed by atoms with Crippen molar-refractivity contribution in [1.82, 2.24) is 0 Å². The lowest BCUT2D eigenvalue weighted by Crippen LogP contribution is -2.23. The molecule has 0 aliphatic heterocycles. The second-order valence-electron chi connectivity index (χ2n) is 12.0. The van der Waals surface area contributed by atoms with Gasteiger partial charge in [0.2, 0.25) is 0 Å². The molecule has 1 saturated carbocycles. The number of rotatable bonds is 18. The van der Waals surface area contributed by atoms with Crippen LogP contribution in [0.4, 0.5) is 4.39 Å². The van der Waals surface area contributed by atoms with Crippen molar-refractivity contribution in [2.45, 2.75) is 77.0 Å². The number of hydrogen-bond donors (Lipinski definition) is 1. The molecule has 1 atom stereocenters. The molecular formula is C37H49FO6. The maximum absolute atomic E-state index is 15.3. The summed E-state index contributed by atoms with van der Waals surface area (Å²) in [6.45, 7) is 8.84. The van der Waals surface area contributed by atoms with E-state index in [-0.39, 0.29) is 42.7 Å². The van der Waals surface area contributed by atoms with Crippen LogP contribution < -0.4 is 0 Å².